The second-order valence-corrected chi connectivity index (χ2v) is 6.41. The number of carbonyl (C=O) groups excluding carboxylic acids is 1. The molecule has 0 aliphatic carbocycles. The van der Waals surface area contributed by atoms with Crippen LogP contribution in [-0.2, 0) is 11.2 Å². The maximum atomic E-state index is 12.6. The van der Waals surface area contributed by atoms with Crippen LogP contribution < -0.4 is 4.74 Å². The second-order valence-electron chi connectivity index (χ2n) is 6.41. The molecule has 1 aliphatic heterocycles. The molecule has 132 valence electrons. The Morgan fingerprint density at radius 2 is 2.00 bits per heavy atom. The molecule has 1 atom stereocenters. The fourth-order valence-corrected chi connectivity index (χ4v) is 3.26. The quantitative estimate of drug-likeness (QED) is 0.840. The van der Waals surface area contributed by atoms with E-state index in [0.717, 1.165) is 37.5 Å². The predicted octanol–water partition coefficient (Wildman–Crippen LogP) is 2.54. The molecule has 5 heteroatoms. The summed E-state index contributed by atoms with van der Waals surface area (Å²) in [5.74, 6) is 0.974. The zero-order valence-corrected chi connectivity index (χ0v) is 14.9. The van der Waals surface area contributed by atoms with Gasteiger partial charge in [-0.1, -0.05) is 18.2 Å². The Bertz CT molecular complexity index is 697. The number of methoxy groups -OCH3 is 1. The molecule has 1 saturated heterocycles. The van der Waals surface area contributed by atoms with Crippen LogP contribution in [0.5, 0.6) is 5.75 Å². The van der Waals surface area contributed by atoms with Gasteiger partial charge in [-0.2, -0.15) is 0 Å². The minimum Gasteiger partial charge on any atom is -0.497 e. The van der Waals surface area contributed by atoms with Gasteiger partial charge in [0.1, 0.15) is 5.75 Å². The summed E-state index contributed by atoms with van der Waals surface area (Å²) in [6.07, 6.45) is 4.14. The maximum absolute atomic E-state index is 12.6. The van der Waals surface area contributed by atoms with Crippen molar-refractivity contribution in [3.63, 3.8) is 0 Å². The van der Waals surface area contributed by atoms with Gasteiger partial charge in [-0.15, -0.1) is 0 Å². The Morgan fingerprint density at radius 3 is 2.68 bits per heavy atom. The third-order valence-corrected chi connectivity index (χ3v) is 4.87. The van der Waals surface area contributed by atoms with E-state index in [1.807, 2.05) is 41.4 Å². The normalized spacial score (nSPS) is 16.5. The van der Waals surface area contributed by atoms with E-state index in [9.17, 15) is 4.79 Å². The molecule has 1 fully saturated rings. The highest BCUT2D eigenvalue weighted by Crippen LogP contribution is 2.21. The Hall–Kier alpha value is -2.40. The summed E-state index contributed by atoms with van der Waals surface area (Å²) in [6, 6.07) is 12.1. The molecule has 0 saturated carbocycles. The lowest BCUT2D eigenvalue weighted by Crippen LogP contribution is -2.49. The Kier molecular flexibility index (Phi) is 5.66. The molecule has 0 radical (unpaired) electrons. The number of piperazine rings is 1. The van der Waals surface area contributed by atoms with Crippen LogP contribution in [0.4, 0.5) is 0 Å². The van der Waals surface area contributed by atoms with Crippen molar-refractivity contribution in [1.29, 1.82) is 0 Å². The summed E-state index contributed by atoms with van der Waals surface area (Å²) < 4.78 is 5.23. The van der Waals surface area contributed by atoms with Crippen molar-refractivity contribution in [2.24, 2.45) is 0 Å². The largest absolute Gasteiger partial charge is 0.497 e. The number of nitrogens with zero attached hydrogens (tertiary/aromatic N) is 3. The van der Waals surface area contributed by atoms with Gasteiger partial charge in [-0.05, 0) is 36.2 Å². The SMILES string of the molecule is COc1cccc(CC(=O)N2CCN(C(C)c3cccnc3)CC2)c1. The number of carbonyl (C=O) groups is 1. The number of ether oxygens (including phenoxy) is 1. The van der Waals surface area contributed by atoms with E-state index in [1.165, 1.54) is 5.56 Å². The first-order chi connectivity index (χ1) is 12.2. The van der Waals surface area contributed by atoms with Crippen molar-refractivity contribution in [2.45, 2.75) is 19.4 Å². The van der Waals surface area contributed by atoms with Gasteiger partial charge in [0, 0.05) is 44.6 Å². The van der Waals surface area contributed by atoms with Gasteiger partial charge >= 0.3 is 0 Å². The fraction of sp³-hybridized carbons (Fsp3) is 0.400. The van der Waals surface area contributed by atoms with E-state index in [-0.39, 0.29) is 5.91 Å². The van der Waals surface area contributed by atoms with E-state index < -0.39 is 0 Å². The van der Waals surface area contributed by atoms with Crippen LogP contribution in [0.25, 0.3) is 0 Å². The number of hydrogen-bond donors (Lipinski definition) is 0. The topological polar surface area (TPSA) is 45.7 Å². The van der Waals surface area contributed by atoms with E-state index in [2.05, 4.69) is 22.9 Å². The molecule has 1 aromatic heterocycles. The second kappa shape index (κ2) is 8.12. The van der Waals surface area contributed by atoms with Crippen LogP contribution in [0, 0.1) is 0 Å². The van der Waals surface area contributed by atoms with Crippen molar-refractivity contribution < 1.29 is 9.53 Å². The molecule has 1 unspecified atom stereocenters. The minimum atomic E-state index is 0.182. The molecule has 3 rings (SSSR count). The van der Waals surface area contributed by atoms with Gasteiger partial charge < -0.3 is 9.64 Å². The van der Waals surface area contributed by atoms with Gasteiger partial charge in [0.05, 0.1) is 13.5 Å². The zero-order valence-electron chi connectivity index (χ0n) is 14.9. The molecule has 1 aromatic carbocycles. The Labute approximate surface area is 149 Å². The molecule has 25 heavy (non-hydrogen) atoms. The van der Waals surface area contributed by atoms with E-state index in [4.69, 9.17) is 4.74 Å². The van der Waals surface area contributed by atoms with Gasteiger partial charge in [-0.25, -0.2) is 0 Å². The lowest BCUT2D eigenvalue weighted by Gasteiger charge is -2.38. The molecule has 1 aliphatic rings. The van der Waals surface area contributed by atoms with Crippen LogP contribution in [0.2, 0.25) is 0 Å². The van der Waals surface area contributed by atoms with Crippen molar-refractivity contribution in [1.82, 2.24) is 14.8 Å². The average molecular weight is 339 g/mol. The van der Waals surface area contributed by atoms with E-state index in [0.29, 0.717) is 12.5 Å². The summed E-state index contributed by atoms with van der Waals surface area (Å²) in [5.41, 5.74) is 2.22. The monoisotopic (exact) mass is 339 g/mol. The number of rotatable bonds is 5. The van der Waals surface area contributed by atoms with Gasteiger partial charge in [0.2, 0.25) is 5.91 Å². The highest BCUT2D eigenvalue weighted by atomic mass is 16.5. The zero-order chi connectivity index (χ0) is 17.6. The number of pyridine rings is 1. The predicted molar refractivity (Wildman–Crippen MR) is 97.5 cm³/mol. The first-order valence-electron chi connectivity index (χ1n) is 8.72. The van der Waals surface area contributed by atoms with Gasteiger partial charge in [0.25, 0.3) is 0 Å². The number of hydrogen-bond acceptors (Lipinski definition) is 4. The summed E-state index contributed by atoms with van der Waals surface area (Å²) in [7, 11) is 1.64. The van der Waals surface area contributed by atoms with Crippen LogP contribution >= 0.6 is 0 Å². The van der Waals surface area contributed by atoms with Crippen molar-refractivity contribution >= 4 is 5.91 Å². The molecular weight excluding hydrogens is 314 g/mol. The first kappa shape index (κ1) is 17.4. The summed E-state index contributed by atoms with van der Waals surface area (Å²) >= 11 is 0. The van der Waals surface area contributed by atoms with Crippen molar-refractivity contribution in [3.05, 3.63) is 59.9 Å². The fourth-order valence-electron chi connectivity index (χ4n) is 3.26. The molecule has 1 amide bonds. The lowest BCUT2D eigenvalue weighted by atomic mass is 10.1. The Balaban J connectivity index is 1.54. The molecule has 2 aromatic rings. The summed E-state index contributed by atoms with van der Waals surface area (Å²) in [5, 5.41) is 0. The highest BCUT2D eigenvalue weighted by Gasteiger charge is 2.24. The van der Waals surface area contributed by atoms with Gasteiger partial charge in [-0.3, -0.25) is 14.7 Å². The van der Waals surface area contributed by atoms with Crippen molar-refractivity contribution in [2.75, 3.05) is 33.3 Å². The number of amides is 1. The van der Waals surface area contributed by atoms with Crippen LogP contribution in [0.15, 0.2) is 48.8 Å². The number of benzene rings is 1. The van der Waals surface area contributed by atoms with Crippen molar-refractivity contribution in [3.8, 4) is 5.75 Å². The van der Waals surface area contributed by atoms with Gasteiger partial charge in [0.15, 0.2) is 0 Å². The Morgan fingerprint density at radius 1 is 1.20 bits per heavy atom. The van der Waals surface area contributed by atoms with E-state index in [1.54, 1.807) is 13.3 Å². The third-order valence-electron chi connectivity index (χ3n) is 4.87. The van der Waals surface area contributed by atoms with Crippen LogP contribution in [0.3, 0.4) is 0 Å². The highest BCUT2D eigenvalue weighted by molar-refractivity contribution is 5.79. The van der Waals surface area contributed by atoms with Crippen LogP contribution in [0.1, 0.15) is 24.1 Å². The molecule has 2 heterocycles. The third kappa shape index (κ3) is 4.37. The molecule has 5 nitrogen and oxygen atoms in total. The average Bonchev–Trinajstić information content (AvgIpc) is 2.68. The molecule has 0 bridgehead atoms. The number of aromatic nitrogens is 1. The summed E-state index contributed by atoms with van der Waals surface area (Å²) in [6.45, 7) is 5.52. The summed E-state index contributed by atoms with van der Waals surface area (Å²) in [4.78, 5) is 21.1. The molecule has 0 spiro atoms. The van der Waals surface area contributed by atoms with E-state index >= 15 is 0 Å². The molecular formula is C20H25N3O2. The first-order valence-corrected chi connectivity index (χ1v) is 8.72. The smallest absolute Gasteiger partial charge is 0.227 e. The minimum absolute atomic E-state index is 0.182. The van der Waals surface area contributed by atoms with Crippen LogP contribution in [-0.4, -0.2) is 54.0 Å². The lowest BCUT2D eigenvalue weighted by molar-refractivity contribution is -0.132. The standard InChI is InChI=1S/C20H25N3O2/c1-16(18-6-4-8-21-15-18)22-9-11-23(12-10-22)20(24)14-17-5-3-7-19(13-17)25-2/h3-8,13,15-16H,9-12,14H2,1-2H3. The molecule has 0 N–H and O–H groups in total. The maximum Gasteiger partial charge on any atom is 0.227 e.